The number of nitrogens with zero attached hydrogens (tertiary/aromatic N) is 1. The number of hydrogen-bond acceptors (Lipinski definition) is 5. The number of pyridine rings is 1. The molecule has 0 aliphatic carbocycles. The van der Waals surface area contributed by atoms with Crippen LogP contribution in [-0.4, -0.2) is 29.8 Å². The van der Waals surface area contributed by atoms with Gasteiger partial charge in [-0.2, -0.15) is 0 Å². The van der Waals surface area contributed by atoms with Gasteiger partial charge in [-0.1, -0.05) is 30.3 Å². The molecule has 0 bridgehead atoms. The Morgan fingerprint density at radius 1 is 1.36 bits per heavy atom. The first-order chi connectivity index (χ1) is 11.8. The first kappa shape index (κ1) is 17.6. The minimum Gasteiger partial charge on any atom is -0.480 e. The lowest BCUT2D eigenvalue weighted by Crippen LogP contribution is -2.32. The van der Waals surface area contributed by atoms with Crippen LogP contribution in [0.5, 0.6) is 0 Å². The van der Waals surface area contributed by atoms with Gasteiger partial charge in [-0.15, -0.1) is 11.8 Å². The summed E-state index contributed by atoms with van der Waals surface area (Å²) < 4.78 is 28.3. The van der Waals surface area contributed by atoms with Crippen LogP contribution in [0.25, 0.3) is 0 Å². The van der Waals surface area contributed by atoms with Crippen molar-refractivity contribution >= 4 is 33.4 Å². The van der Waals surface area contributed by atoms with Crippen LogP contribution in [0.3, 0.4) is 0 Å². The molecule has 1 aliphatic heterocycles. The number of sulfonamides is 1. The highest BCUT2D eigenvalue weighted by molar-refractivity contribution is 7.99. The minimum atomic E-state index is -3.81. The van der Waals surface area contributed by atoms with E-state index in [0.29, 0.717) is 16.2 Å². The molecule has 0 fully saturated rings. The molecule has 132 valence electrons. The predicted molar refractivity (Wildman–Crippen MR) is 95.5 cm³/mol. The lowest BCUT2D eigenvalue weighted by molar-refractivity contribution is -0.140. The van der Waals surface area contributed by atoms with Gasteiger partial charge < -0.3 is 5.11 Å². The van der Waals surface area contributed by atoms with Crippen molar-refractivity contribution in [1.29, 1.82) is 0 Å². The third-order valence-electron chi connectivity index (χ3n) is 3.85. The van der Waals surface area contributed by atoms with Crippen molar-refractivity contribution in [1.82, 2.24) is 4.57 Å². The van der Waals surface area contributed by atoms with E-state index in [4.69, 9.17) is 0 Å². The van der Waals surface area contributed by atoms with E-state index in [2.05, 4.69) is 4.72 Å². The second kappa shape index (κ2) is 6.57. The maximum absolute atomic E-state index is 12.7. The fourth-order valence-electron chi connectivity index (χ4n) is 2.65. The van der Waals surface area contributed by atoms with Crippen molar-refractivity contribution in [2.45, 2.75) is 23.7 Å². The number of rotatable bonds is 5. The summed E-state index contributed by atoms with van der Waals surface area (Å²) in [7, 11) is -3.81. The smallest absolute Gasteiger partial charge is 0.327 e. The van der Waals surface area contributed by atoms with E-state index in [-0.39, 0.29) is 17.2 Å². The Hall–Kier alpha value is -2.26. The molecule has 0 amide bonds. The summed E-state index contributed by atoms with van der Waals surface area (Å²) in [6.07, 6.45) is 0. The molecule has 2 heterocycles. The van der Waals surface area contributed by atoms with E-state index < -0.39 is 27.6 Å². The predicted octanol–water partition coefficient (Wildman–Crippen LogP) is 1.83. The molecule has 1 aliphatic rings. The highest BCUT2D eigenvalue weighted by atomic mass is 32.2. The number of carboxylic acids is 1. The maximum atomic E-state index is 12.7. The first-order valence-electron chi connectivity index (χ1n) is 7.44. The number of aliphatic carboxylic acids is 1. The number of aryl methyl sites for hydroxylation is 1. The number of carbonyl (C=O) groups is 1. The molecule has 9 heteroatoms. The van der Waals surface area contributed by atoms with Gasteiger partial charge in [0.25, 0.3) is 5.56 Å². The first-order valence-corrected chi connectivity index (χ1v) is 10.1. The number of carboxylic acid groups (broad SMARTS) is 1. The zero-order valence-corrected chi connectivity index (χ0v) is 14.9. The summed E-state index contributed by atoms with van der Waals surface area (Å²) in [6.45, 7) is 1.62. The molecule has 2 aromatic rings. The van der Waals surface area contributed by atoms with E-state index in [1.54, 1.807) is 43.3 Å². The van der Waals surface area contributed by atoms with Crippen LogP contribution in [0.2, 0.25) is 0 Å². The van der Waals surface area contributed by atoms with Crippen molar-refractivity contribution in [2.24, 2.45) is 0 Å². The van der Waals surface area contributed by atoms with E-state index in [1.165, 1.54) is 11.8 Å². The molecule has 0 spiro atoms. The van der Waals surface area contributed by atoms with Crippen molar-refractivity contribution in [2.75, 3.05) is 10.5 Å². The third kappa shape index (κ3) is 3.57. The highest BCUT2D eigenvalue weighted by Crippen LogP contribution is 2.33. The number of anilines is 1. The van der Waals surface area contributed by atoms with Gasteiger partial charge in [-0.05, 0) is 24.1 Å². The Morgan fingerprint density at radius 3 is 2.68 bits per heavy atom. The number of hydrogen-bond donors (Lipinski definition) is 2. The molecule has 0 radical (unpaired) electrons. The van der Waals surface area contributed by atoms with Crippen LogP contribution in [0, 0.1) is 6.92 Å². The van der Waals surface area contributed by atoms with Crippen LogP contribution in [-0.2, 0) is 20.6 Å². The number of benzene rings is 1. The lowest BCUT2D eigenvalue weighted by Gasteiger charge is -2.15. The summed E-state index contributed by atoms with van der Waals surface area (Å²) in [6, 6.07) is 9.24. The van der Waals surface area contributed by atoms with Gasteiger partial charge >= 0.3 is 5.97 Å². The summed E-state index contributed by atoms with van der Waals surface area (Å²) in [5, 5.41) is 9.79. The quantitative estimate of drug-likeness (QED) is 0.820. The Labute approximate surface area is 148 Å². The van der Waals surface area contributed by atoms with Gasteiger partial charge in [0.15, 0.2) is 0 Å². The molecule has 0 saturated carbocycles. The fraction of sp³-hybridized carbons (Fsp3) is 0.250. The van der Waals surface area contributed by atoms with Gasteiger partial charge in [0.05, 0.1) is 10.8 Å². The van der Waals surface area contributed by atoms with Gasteiger partial charge in [-0.3, -0.25) is 14.1 Å². The number of fused-ring (bicyclic) bond motifs is 1. The van der Waals surface area contributed by atoms with Crippen molar-refractivity contribution in [3.63, 3.8) is 0 Å². The Morgan fingerprint density at radius 2 is 2.04 bits per heavy atom. The Balaban J connectivity index is 1.97. The Kier molecular flexibility index (Phi) is 4.61. The van der Waals surface area contributed by atoms with Crippen molar-refractivity contribution < 1.29 is 18.3 Å². The number of nitrogens with one attached hydrogen (secondary N) is 1. The molecule has 1 aromatic carbocycles. The van der Waals surface area contributed by atoms with Crippen LogP contribution in [0.4, 0.5) is 5.69 Å². The van der Waals surface area contributed by atoms with Crippen LogP contribution in [0.15, 0.2) is 46.2 Å². The van der Waals surface area contributed by atoms with E-state index in [1.807, 2.05) is 0 Å². The number of thioether (sulfide) groups is 1. The van der Waals surface area contributed by atoms with Crippen molar-refractivity contribution in [3.8, 4) is 0 Å². The van der Waals surface area contributed by atoms with Crippen LogP contribution >= 0.6 is 11.8 Å². The second-order valence-corrected chi connectivity index (χ2v) is 8.49. The summed E-state index contributed by atoms with van der Waals surface area (Å²) in [5.74, 6) is -1.15. The highest BCUT2D eigenvalue weighted by Gasteiger charge is 2.32. The molecule has 7 nitrogen and oxygen atoms in total. The fourth-order valence-corrected chi connectivity index (χ4v) is 5.14. The monoisotopic (exact) mass is 380 g/mol. The standard InChI is InChI=1S/C16H16N2O5S2/c1-10-7-13-18(12(8-24-13)16(20)21)15(19)14(10)17-25(22,23)9-11-5-3-2-4-6-11/h2-7,12,17H,8-9H2,1H3,(H,20,21)/t12-/m1/s1. The molecular formula is C16H16N2O5S2. The van der Waals surface area contributed by atoms with Crippen LogP contribution in [0.1, 0.15) is 17.2 Å². The summed E-state index contributed by atoms with van der Waals surface area (Å²) in [5.41, 5.74) is 0.316. The zero-order chi connectivity index (χ0) is 18.2. The van der Waals surface area contributed by atoms with Gasteiger partial charge in [0, 0.05) is 5.75 Å². The average molecular weight is 380 g/mol. The van der Waals surface area contributed by atoms with E-state index >= 15 is 0 Å². The van der Waals surface area contributed by atoms with E-state index in [9.17, 15) is 23.1 Å². The Bertz CT molecular complexity index is 984. The molecule has 0 unspecified atom stereocenters. The molecular weight excluding hydrogens is 364 g/mol. The minimum absolute atomic E-state index is 0.103. The molecule has 1 aromatic heterocycles. The van der Waals surface area contributed by atoms with Crippen LogP contribution < -0.4 is 10.3 Å². The lowest BCUT2D eigenvalue weighted by atomic mass is 10.2. The maximum Gasteiger partial charge on any atom is 0.327 e. The third-order valence-corrected chi connectivity index (χ3v) is 6.17. The number of aromatic nitrogens is 1. The van der Waals surface area contributed by atoms with Gasteiger partial charge in [0.1, 0.15) is 11.7 Å². The van der Waals surface area contributed by atoms with Crippen molar-refractivity contribution in [3.05, 3.63) is 57.9 Å². The summed E-state index contributed by atoms with van der Waals surface area (Å²) >= 11 is 1.27. The average Bonchev–Trinajstić information content (AvgIpc) is 2.96. The van der Waals surface area contributed by atoms with Gasteiger partial charge in [-0.25, -0.2) is 13.2 Å². The molecule has 1 atom stereocenters. The second-order valence-electron chi connectivity index (χ2n) is 5.73. The SMILES string of the molecule is Cc1cc2n(c(=O)c1NS(=O)(=O)Cc1ccccc1)[C@@H](C(=O)O)CS2. The molecule has 2 N–H and O–H groups in total. The largest absolute Gasteiger partial charge is 0.480 e. The molecule has 25 heavy (non-hydrogen) atoms. The topological polar surface area (TPSA) is 105 Å². The molecule has 0 saturated heterocycles. The van der Waals surface area contributed by atoms with E-state index in [0.717, 1.165) is 4.57 Å². The normalized spacial score (nSPS) is 16.4. The zero-order valence-electron chi connectivity index (χ0n) is 13.3. The summed E-state index contributed by atoms with van der Waals surface area (Å²) in [4.78, 5) is 24.0. The van der Waals surface area contributed by atoms with Gasteiger partial charge in [0.2, 0.25) is 10.0 Å². The molecule has 3 rings (SSSR count).